The van der Waals surface area contributed by atoms with Crippen LogP contribution in [-0.2, 0) is 16.1 Å². The summed E-state index contributed by atoms with van der Waals surface area (Å²) in [6.45, 7) is 4.16. The first kappa shape index (κ1) is 24.3. The third-order valence-electron chi connectivity index (χ3n) is 6.00. The van der Waals surface area contributed by atoms with Crippen molar-refractivity contribution < 1.29 is 28.5 Å². The molecular weight excluding hydrogens is 452 g/mol. The summed E-state index contributed by atoms with van der Waals surface area (Å²) in [6, 6.07) is 10.3. The van der Waals surface area contributed by atoms with Crippen LogP contribution in [0.5, 0.6) is 17.2 Å². The number of methoxy groups -OCH3 is 3. The van der Waals surface area contributed by atoms with Crippen LogP contribution in [-0.4, -0.2) is 73.9 Å². The highest BCUT2D eigenvalue weighted by atomic mass is 16.5. The second-order valence-corrected chi connectivity index (χ2v) is 8.15. The van der Waals surface area contributed by atoms with Gasteiger partial charge >= 0.3 is 0 Å². The van der Waals surface area contributed by atoms with Crippen LogP contribution in [0, 0.1) is 0 Å². The molecule has 1 atom stereocenters. The van der Waals surface area contributed by atoms with E-state index in [-0.39, 0.29) is 18.4 Å². The maximum atomic E-state index is 13.2. The minimum Gasteiger partial charge on any atom is -0.493 e. The third-order valence-corrected chi connectivity index (χ3v) is 6.00. The van der Waals surface area contributed by atoms with Crippen LogP contribution in [0.1, 0.15) is 29.1 Å². The Morgan fingerprint density at radius 3 is 2.34 bits per heavy atom. The van der Waals surface area contributed by atoms with Gasteiger partial charge < -0.3 is 33.7 Å². The highest BCUT2D eigenvalue weighted by Gasteiger charge is 2.24. The molecule has 0 aliphatic carbocycles. The average Bonchev–Trinajstić information content (AvgIpc) is 3.26. The summed E-state index contributed by atoms with van der Waals surface area (Å²) < 4.78 is 23.3. The molecule has 1 aromatic heterocycles. The van der Waals surface area contributed by atoms with E-state index in [4.69, 9.17) is 23.9 Å². The van der Waals surface area contributed by atoms with Gasteiger partial charge in [0.05, 0.1) is 51.6 Å². The number of ether oxygens (including phenoxy) is 4. The molecule has 0 saturated carbocycles. The lowest BCUT2D eigenvalue weighted by Gasteiger charge is -2.27. The van der Waals surface area contributed by atoms with Crippen molar-refractivity contribution in [3.8, 4) is 17.2 Å². The molecule has 0 bridgehead atoms. The first-order valence-electron chi connectivity index (χ1n) is 11.4. The van der Waals surface area contributed by atoms with Crippen molar-refractivity contribution in [1.82, 2.24) is 19.8 Å². The summed E-state index contributed by atoms with van der Waals surface area (Å²) in [5.41, 5.74) is 1.93. The molecular formula is C25H30N4O6. The fraction of sp³-hybridized carbons (Fsp3) is 0.400. The van der Waals surface area contributed by atoms with Crippen molar-refractivity contribution in [1.29, 1.82) is 0 Å². The zero-order valence-corrected chi connectivity index (χ0v) is 20.4. The number of hydrogen-bond acceptors (Lipinski definition) is 7. The van der Waals surface area contributed by atoms with Crippen molar-refractivity contribution in [3.05, 3.63) is 47.8 Å². The van der Waals surface area contributed by atoms with Gasteiger partial charge in [-0.2, -0.15) is 0 Å². The number of imidazole rings is 1. The molecule has 1 aliphatic heterocycles. The maximum Gasteiger partial charge on any atom is 0.252 e. The minimum atomic E-state index is -0.480. The van der Waals surface area contributed by atoms with Crippen LogP contribution in [0.15, 0.2) is 36.4 Å². The van der Waals surface area contributed by atoms with Gasteiger partial charge in [0.1, 0.15) is 12.4 Å². The first-order chi connectivity index (χ1) is 17.0. The number of morpholine rings is 1. The van der Waals surface area contributed by atoms with Crippen LogP contribution in [0.2, 0.25) is 0 Å². The number of rotatable bonds is 8. The third kappa shape index (κ3) is 5.02. The van der Waals surface area contributed by atoms with Gasteiger partial charge in [-0.15, -0.1) is 0 Å². The lowest BCUT2D eigenvalue weighted by molar-refractivity contribution is -0.135. The van der Waals surface area contributed by atoms with Crippen LogP contribution in [0.3, 0.4) is 0 Å². The Morgan fingerprint density at radius 2 is 1.71 bits per heavy atom. The molecule has 1 unspecified atom stereocenters. The molecule has 186 valence electrons. The SMILES string of the molecule is COc1cc(C(=O)NC(C)c2nc3ccccc3n2CC(=O)N2CCOCC2)cc(OC)c1OC. The van der Waals surface area contributed by atoms with E-state index in [0.717, 1.165) is 11.0 Å². The number of nitrogens with zero attached hydrogens (tertiary/aromatic N) is 3. The molecule has 2 heterocycles. The standard InChI is InChI=1S/C25H30N4O6/c1-16(26-25(31)17-13-20(32-2)23(34-4)21(14-17)33-3)24-27-18-7-5-6-8-19(18)29(24)15-22(30)28-9-11-35-12-10-28/h5-8,13-14,16H,9-12,15H2,1-4H3,(H,26,31). The van der Waals surface area contributed by atoms with E-state index in [0.29, 0.717) is 54.9 Å². The Hall–Kier alpha value is -3.79. The molecule has 2 amide bonds. The Balaban J connectivity index is 1.61. The minimum absolute atomic E-state index is 0.0131. The zero-order valence-electron chi connectivity index (χ0n) is 20.4. The molecule has 1 N–H and O–H groups in total. The summed E-state index contributed by atoms with van der Waals surface area (Å²) in [5, 5.41) is 2.99. The summed E-state index contributed by atoms with van der Waals surface area (Å²) >= 11 is 0. The number of fused-ring (bicyclic) bond motifs is 1. The maximum absolute atomic E-state index is 13.2. The number of hydrogen-bond donors (Lipinski definition) is 1. The predicted octanol–water partition coefficient (Wildman–Crippen LogP) is 2.41. The summed E-state index contributed by atoms with van der Waals surface area (Å²) in [4.78, 5) is 32.7. The zero-order chi connectivity index (χ0) is 24.9. The smallest absolute Gasteiger partial charge is 0.252 e. The van der Waals surface area contributed by atoms with Gasteiger partial charge in [0.2, 0.25) is 11.7 Å². The van der Waals surface area contributed by atoms with Crippen LogP contribution in [0.25, 0.3) is 11.0 Å². The van der Waals surface area contributed by atoms with Gasteiger partial charge in [0.15, 0.2) is 11.5 Å². The average molecular weight is 483 g/mol. The van der Waals surface area contributed by atoms with E-state index in [2.05, 4.69) is 5.32 Å². The number of carbonyl (C=O) groups excluding carboxylic acids is 2. The second kappa shape index (κ2) is 10.6. The largest absolute Gasteiger partial charge is 0.493 e. The molecule has 3 aromatic rings. The Morgan fingerprint density at radius 1 is 1.06 bits per heavy atom. The number of amides is 2. The number of aromatic nitrogens is 2. The van der Waals surface area contributed by atoms with Gasteiger partial charge in [-0.1, -0.05) is 12.1 Å². The van der Waals surface area contributed by atoms with Crippen LogP contribution in [0.4, 0.5) is 0 Å². The Labute approximate surface area is 203 Å². The Kier molecular flexibility index (Phi) is 7.40. The van der Waals surface area contributed by atoms with Crippen molar-refractivity contribution in [3.63, 3.8) is 0 Å². The summed E-state index contributed by atoms with van der Waals surface area (Å²) in [5.74, 6) is 1.41. The monoisotopic (exact) mass is 482 g/mol. The molecule has 1 aliphatic rings. The second-order valence-electron chi connectivity index (χ2n) is 8.15. The van der Waals surface area contributed by atoms with Gasteiger partial charge in [0, 0.05) is 18.7 Å². The fourth-order valence-corrected chi connectivity index (χ4v) is 4.20. The predicted molar refractivity (Wildman–Crippen MR) is 129 cm³/mol. The van der Waals surface area contributed by atoms with E-state index in [1.54, 1.807) is 17.0 Å². The quantitative estimate of drug-likeness (QED) is 0.526. The number of benzene rings is 2. The van der Waals surface area contributed by atoms with Crippen LogP contribution >= 0.6 is 0 Å². The number of carbonyl (C=O) groups is 2. The molecule has 2 aromatic carbocycles. The van der Waals surface area contributed by atoms with Gasteiger partial charge in [-0.05, 0) is 31.2 Å². The van der Waals surface area contributed by atoms with Crippen molar-refractivity contribution in [2.24, 2.45) is 0 Å². The van der Waals surface area contributed by atoms with Crippen molar-refractivity contribution in [2.75, 3.05) is 47.6 Å². The number of para-hydroxylation sites is 2. The van der Waals surface area contributed by atoms with Gasteiger partial charge in [-0.3, -0.25) is 9.59 Å². The summed E-state index contributed by atoms with van der Waals surface area (Å²) in [7, 11) is 4.50. The molecule has 10 nitrogen and oxygen atoms in total. The highest BCUT2D eigenvalue weighted by Crippen LogP contribution is 2.38. The Bertz CT molecular complexity index is 1190. The first-order valence-corrected chi connectivity index (χ1v) is 11.4. The molecule has 0 spiro atoms. The molecule has 1 fully saturated rings. The van der Waals surface area contributed by atoms with E-state index in [1.165, 1.54) is 21.3 Å². The van der Waals surface area contributed by atoms with E-state index in [1.807, 2.05) is 35.8 Å². The van der Waals surface area contributed by atoms with Gasteiger partial charge in [-0.25, -0.2) is 4.98 Å². The van der Waals surface area contributed by atoms with Crippen LogP contribution < -0.4 is 19.5 Å². The number of nitrogens with one attached hydrogen (secondary N) is 1. The molecule has 4 rings (SSSR count). The highest BCUT2D eigenvalue weighted by molar-refractivity contribution is 5.96. The van der Waals surface area contributed by atoms with Gasteiger partial charge in [0.25, 0.3) is 5.91 Å². The topological polar surface area (TPSA) is 104 Å². The molecule has 0 radical (unpaired) electrons. The van der Waals surface area contributed by atoms with Crippen molar-refractivity contribution >= 4 is 22.8 Å². The molecule has 35 heavy (non-hydrogen) atoms. The van der Waals surface area contributed by atoms with E-state index >= 15 is 0 Å². The lowest BCUT2D eigenvalue weighted by Crippen LogP contribution is -2.42. The summed E-state index contributed by atoms with van der Waals surface area (Å²) in [6.07, 6.45) is 0. The van der Waals surface area contributed by atoms with Crippen molar-refractivity contribution in [2.45, 2.75) is 19.5 Å². The van der Waals surface area contributed by atoms with E-state index < -0.39 is 6.04 Å². The molecule has 10 heteroatoms. The fourth-order valence-electron chi connectivity index (χ4n) is 4.20. The lowest BCUT2D eigenvalue weighted by atomic mass is 10.1. The molecule has 1 saturated heterocycles. The van der Waals surface area contributed by atoms with E-state index in [9.17, 15) is 9.59 Å². The normalized spacial score (nSPS) is 14.5.